The molecule has 1 aliphatic heterocycles. The van der Waals surface area contributed by atoms with Crippen LogP contribution in [0, 0.1) is 0 Å². The molecular formula is C22H30N4O3S. The molecule has 2 aromatic carbocycles. The van der Waals surface area contributed by atoms with Crippen LogP contribution in [0.25, 0.3) is 0 Å². The van der Waals surface area contributed by atoms with Crippen molar-refractivity contribution in [3.63, 3.8) is 0 Å². The molecular weight excluding hydrogens is 400 g/mol. The first kappa shape index (κ1) is 22.0. The highest BCUT2D eigenvalue weighted by Gasteiger charge is 2.20. The minimum absolute atomic E-state index is 0.00226. The standard InChI is InChI=1S/C22H30N4O3S/c1-3-23-22(24-13-18-30(27,28)21-7-5-4-6-8-21)26-16-14-25(15-17-26)19-9-11-20(29-2)12-10-19/h4-12H,3,13-18H2,1-2H3,(H,23,24). The van der Waals surface area contributed by atoms with Gasteiger partial charge in [0.15, 0.2) is 15.8 Å². The number of aliphatic imine (C=N–C) groups is 1. The predicted octanol–water partition coefficient (Wildman–Crippen LogP) is 2.26. The van der Waals surface area contributed by atoms with Gasteiger partial charge in [-0.15, -0.1) is 0 Å². The second-order valence-corrected chi connectivity index (χ2v) is 9.15. The topological polar surface area (TPSA) is 74.2 Å². The SMILES string of the molecule is CCNC(=NCCS(=O)(=O)c1ccccc1)N1CCN(c2ccc(OC)cc2)CC1. The van der Waals surface area contributed by atoms with Crippen LogP contribution in [0.2, 0.25) is 0 Å². The monoisotopic (exact) mass is 430 g/mol. The molecule has 162 valence electrons. The number of nitrogens with one attached hydrogen (secondary N) is 1. The molecule has 0 aromatic heterocycles. The Morgan fingerprint density at radius 1 is 1.03 bits per heavy atom. The fourth-order valence-corrected chi connectivity index (χ4v) is 4.55. The highest BCUT2D eigenvalue weighted by atomic mass is 32.2. The second kappa shape index (κ2) is 10.3. The first-order chi connectivity index (χ1) is 14.5. The van der Waals surface area contributed by atoms with E-state index in [0.29, 0.717) is 4.90 Å². The Hall–Kier alpha value is -2.74. The van der Waals surface area contributed by atoms with E-state index in [9.17, 15) is 8.42 Å². The van der Waals surface area contributed by atoms with Gasteiger partial charge in [0.25, 0.3) is 0 Å². The van der Waals surface area contributed by atoms with Crippen LogP contribution in [-0.4, -0.2) is 71.4 Å². The molecule has 0 atom stereocenters. The molecule has 8 heteroatoms. The average molecular weight is 431 g/mol. The molecule has 1 saturated heterocycles. The molecule has 1 heterocycles. The third-order valence-electron chi connectivity index (χ3n) is 5.08. The number of ether oxygens (including phenoxy) is 1. The van der Waals surface area contributed by atoms with Gasteiger partial charge in [-0.1, -0.05) is 18.2 Å². The molecule has 2 aromatic rings. The van der Waals surface area contributed by atoms with Crippen molar-refractivity contribution in [1.82, 2.24) is 10.2 Å². The summed E-state index contributed by atoms with van der Waals surface area (Å²) in [5, 5.41) is 3.29. The summed E-state index contributed by atoms with van der Waals surface area (Å²) < 4.78 is 30.2. The number of piperazine rings is 1. The summed E-state index contributed by atoms with van der Waals surface area (Å²) in [6, 6.07) is 16.6. The average Bonchev–Trinajstić information content (AvgIpc) is 2.79. The van der Waals surface area contributed by atoms with Gasteiger partial charge in [0.2, 0.25) is 0 Å². The molecule has 1 N–H and O–H groups in total. The van der Waals surface area contributed by atoms with Crippen molar-refractivity contribution in [2.24, 2.45) is 4.99 Å². The van der Waals surface area contributed by atoms with Crippen LogP contribution in [0.3, 0.4) is 0 Å². The molecule has 0 unspecified atom stereocenters. The molecule has 0 bridgehead atoms. The summed E-state index contributed by atoms with van der Waals surface area (Å²) in [5.74, 6) is 1.62. The van der Waals surface area contributed by atoms with Crippen molar-refractivity contribution in [2.75, 3.05) is 57.0 Å². The van der Waals surface area contributed by atoms with Crippen molar-refractivity contribution >= 4 is 21.5 Å². The van der Waals surface area contributed by atoms with Gasteiger partial charge in [-0.25, -0.2) is 8.42 Å². The van der Waals surface area contributed by atoms with Crippen LogP contribution in [0.15, 0.2) is 64.5 Å². The van der Waals surface area contributed by atoms with Crippen LogP contribution in [0.1, 0.15) is 6.92 Å². The van der Waals surface area contributed by atoms with Gasteiger partial charge < -0.3 is 19.9 Å². The molecule has 0 spiro atoms. The number of hydrogen-bond donors (Lipinski definition) is 1. The minimum atomic E-state index is -3.32. The molecule has 7 nitrogen and oxygen atoms in total. The van der Waals surface area contributed by atoms with E-state index in [1.54, 1.807) is 31.4 Å². The molecule has 30 heavy (non-hydrogen) atoms. The number of nitrogens with zero attached hydrogens (tertiary/aromatic N) is 3. The lowest BCUT2D eigenvalue weighted by Crippen LogP contribution is -2.52. The summed E-state index contributed by atoms with van der Waals surface area (Å²) in [5.41, 5.74) is 1.17. The quantitative estimate of drug-likeness (QED) is 0.537. The number of hydrogen-bond acceptors (Lipinski definition) is 5. The number of rotatable bonds is 7. The van der Waals surface area contributed by atoms with Gasteiger partial charge >= 0.3 is 0 Å². The molecule has 1 aliphatic rings. The highest BCUT2D eigenvalue weighted by molar-refractivity contribution is 7.91. The van der Waals surface area contributed by atoms with Crippen LogP contribution >= 0.6 is 0 Å². The largest absolute Gasteiger partial charge is 0.497 e. The van der Waals surface area contributed by atoms with Gasteiger partial charge in [0.05, 0.1) is 24.3 Å². The number of sulfone groups is 1. The lowest BCUT2D eigenvalue weighted by molar-refractivity contribution is 0.372. The zero-order chi connectivity index (χ0) is 21.4. The van der Waals surface area contributed by atoms with Crippen LogP contribution in [0.5, 0.6) is 5.75 Å². The maximum Gasteiger partial charge on any atom is 0.194 e. The maximum absolute atomic E-state index is 12.5. The van der Waals surface area contributed by atoms with E-state index in [4.69, 9.17) is 4.74 Å². The van der Waals surface area contributed by atoms with Gasteiger partial charge in [-0.2, -0.15) is 0 Å². The van der Waals surface area contributed by atoms with Crippen molar-refractivity contribution in [2.45, 2.75) is 11.8 Å². The summed E-state index contributed by atoms with van der Waals surface area (Å²) >= 11 is 0. The number of benzene rings is 2. The zero-order valence-corrected chi connectivity index (χ0v) is 18.4. The van der Waals surface area contributed by atoms with E-state index in [0.717, 1.165) is 44.4 Å². The Labute approximate surface area is 179 Å². The molecule has 0 radical (unpaired) electrons. The smallest absolute Gasteiger partial charge is 0.194 e. The Morgan fingerprint density at radius 3 is 2.30 bits per heavy atom. The Kier molecular flexibility index (Phi) is 7.57. The van der Waals surface area contributed by atoms with Gasteiger partial charge in [0.1, 0.15) is 5.75 Å². The number of anilines is 1. The van der Waals surface area contributed by atoms with E-state index in [1.165, 1.54) is 5.69 Å². The van der Waals surface area contributed by atoms with E-state index in [-0.39, 0.29) is 12.3 Å². The fraction of sp³-hybridized carbons (Fsp3) is 0.409. The van der Waals surface area contributed by atoms with Crippen molar-refractivity contribution < 1.29 is 13.2 Å². The Bertz CT molecular complexity index is 923. The first-order valence-electron chi connectivity index (χ1n) is 10.2. The predicted molar refractivity (Wildman–Crippen MR) is 121 cm³/mol. The zero-order valence-electron chi connectivity index (χ0n) is 17.6. The Balaban J connectivity index is 1.58. The van der Waals surface area contributed by atoms with Crippen LogP contribution in [-0.2, 0) is 9.84 Å². The molecule has 1 fully saturated rings. The van der Waals surface area contributed by atoms with Crippen molar-refractivity contribution in [1.29, 1.82) is 0 Å². The first-order valence-corrected chi connectivity index (χ1v) is 11.9. The molecule has 0 saturated carbocycles. The van der Waals surface area contributed by atoms with Crippen LogP contribution < -0.4 is 15.0 Å². The van der Waals surface area contributed by atoms with Crippen molar-refractivity contribution in [3.05, 3.63) is 54.6 Å². The molecule has 0 aliphatic carbocycles. The summed E-state index contributed by atoms with van der Waals surface area (Å²) in [7, 11) is -1.66. The lowest BCUT2D eigenvalue weighted by atomic mass is 10.2. The Morgan fingerprint density at radius 2 is 1.70 bits per heavy atom. The molecule has 0 amide bonds. The molecule has 3 rings (SSSR count). The van der Waals surface area contributed by atoms with E-state index in [1.807, 2.05) is 25.1 Å². The van der Waals surface area contributed by atoms with Gasteiger partial charge in [0, 0.05) is 38.4 Å². The maximum atomic E-state index is 12.5. The summed E-state index contributed by atoms with van der Waals surface area (Å²) in [6.07, 6.45) is 0. The van der Waals surface area contributed by atoms with E-state index < -0.39 is 9.84 Å². The number of methoxy groups -OCH3 is 1. The summed E-state index contributed by atoms with van der Waals surface area (Å²) in [4.78, 5) is 9.46. The summed E-state index contributed by atoms with van der Waals surface area (Å²) in [6.45, 7) is 6.38. The number of guanidine groups is 1. The second-order valence-electron chi connectivity index (χ2n) is 7.04. The third-order valence-corrected chi connectivity index (χ3v) is 6.79. The lowest BCUT2D eigenvalue weighted by Gasteiger charge is -2.37. The van der Waals surface area contributed by atoms with Crippen LogP contribution in [0.4, 0.5) is 5.69 Å². The fourth-order valence-electron chi connectivity index (χ4n) is 3.41. The highest BCUT2D eigenvalue weighted by Crippen LogP contribution is 2.20. The van der Waals surface area contributed by atoms with Gasteiger partial charge in [-0.05, 0) is 43.3 Å². The normalized spacial score (nSPS) is 15.2. The van der Waals surface area contributed by atoms with Gasteiger partial charge in [-0.3, -0.25) is 4.99 Å². The van der Waals surface area contributed by atoms with Crippen molar-refractivity contribution in [3.8, 4) is 5.75 Å². The van der Waals surface area contributed by atoms with E-state index >= 15 is 0 Å². The third kappa shape index (κ3) is 5.66. The minimum Gasteiger partial charge on any atom is -0.497 e. The van der Waals surface area contributed by atoms with E-state index in [2.05, 4.69) is 32.2 Å².